The lowest BCUT2D eigenvalue weighted by atomic mass is 10.00. The van der Waals surface area contributed by atoms with Crippen molar-refractivity contribution in [2.24, 2.45) is 5.92 Å². The van der Waals surface area contributed by atoms with Crippen molar-refractivity contribution in [3.8, 4) is 0 Å². The molecule has 7 atom stereocenters. The molecule has 256 valence electrons. The van der Waals surface area contributed by atoms with Crippen LogP contribution in [0.1, 0.15) is 72.6 Å². The molecule has 3 rings (SSSR count). The van der Waals surface area contributed by atoms with Crippen LogP contribution in [-0.4, -0.2) is 79.0 Å². The van der Waals surface area contributed by atoms with E-state index < -0.39 is 60.5 Å². The van der Waals surface area contributed by atoms with Gasteiger partial charge in [-0.25, -0.2) is 14.4 Å². The largest absolute Gasteiger partial charge is 0.465 e. The fourth-order valence-corrected chi connectivity index (χ4v) is 5.04. The van der Waals surface area contributed by atoms with Gasteiger partial charge in [0.25, 0.3) is 0 Å². The van der Waals surface area contributed by atoms with Crippen LogP contribution in [0.3, 0.4) is 0 Å². The third kappa shape index (κ3) is 13.5. The topological polar surface area (TPSA) is 179 Å². The van der Waals surface area contributed by atoms with Gasteiger partial charge in [0.1, 0.15) is 24.0 Å². The average molecular weight is 657 g/mol. The lowest BCUT2D eigenvalue weighted by molar-refractivity contribution is -0.151. The van der Waals surface area contributed by atoms with E-state index in [9.17, 15) is 28.8 Å². The first-order valence-corrected chi connectivity index (χ1v) is 15.9. The standard InChI is InChI=1S/C34H44N2O11/c1-5-6-11-21(2)19-29(41)43-17-10-9-13-25-30(44-25)32-33(47-34(42)35-23(4)38)31-26(45-31)16-15-22(3)18-27(39)36-24(20-37)12-7-8-14-28(40)46-32/h7-9,12-14,18,21,25-26,30-33H,5-6,10-11,15-17,19H2,1-4H3,(H,36,39)(H,35,38,42)/b12-7+,13-9+,14-8-,22-18-. The number of cyclic esters (lactones) is 1. The molecular formula is C34H44N2O11. The Balaban J connectivity index is 1.73. The molecule has 2 fully saturated rings. The van der Waals surface area contributed by atoms with E-state index in [0.29, 0.717) is 31.3 Å². The maximum absolute atomic E-state index is 12.9. The normalized spacial score (nSPS) is 29.4. The number of allylic oxidation sites excluding steroid dienone is 4. The van der Waals surface area contributed by atoms with Gasteiger partial charge in [-0.05, 0) is 38.2 Å². The minimum atomic E-state index is -1.14. The summed E-state index contributed by atoms with van der Waals surface area (Å²) in [5, 5.41) is 4.47. The van der Waals surface area contributed by atoms with Crippen LogP contribution in [0.4, 0.5) is 4.79 Å². The number of esters is 2. The molecule has 3 heterocycles. The number of rotatable bonds is 11. The monoisotopic (exact) mass is 656 g/mol. The molecule has 2 saturated heterocycles. The molecule has 0 spiro atoms. The predicted molar refractivity (Wildman–Crippen MR) is 168 cm³/mol. The van der Waals surface area contributed by atoms with E-state index in [1.165, 1.54) is 24.3 Å². The third-order valence-electron chi connectivity index (χ3n) is 7.54. The molecular weight excluding hydrogens is 612 g/mol. The van der Waals surface area contributed by atoms with Crippen LogP contribution in [0, 0.1) is 5.92 Å². The molecule has 0 bridgehead atoms. The number of hydrogen-bond acceptors (Lipinski definition) is 11. The number of carbonyl (C=O) groups excluding carboxylic acids is 6. The molecule has 2 N–H and O–H groups in total. The van der Waals surface area contributed by atoms with Gasteiger partial charge in [-0.2, -0.15) is 0 Å². The average Bonchev–Trinajstić information content (AvgIpc) is 3.93. The van der Waals surface area contributed by atoms with Crippen molar-refractivity contribution in [3.05, 3.63) is 53.8 Å². The number of ether oxygens (including phenoxy) is 5. The highest BCUT2D eigenvalue weighted by atomic mass is 16.7. The Bertz CT molecular complexity index is 1330. The van der Waals surface area contributed by atoms with Gasteiger partial charge in [0.2, 0.25) is 11.8 Å². The molecule has 3 amide bonds. The van der Waals surface area contributed by atoms with Gasteiger partial charge >= 0.3 is 18.0 Å². The van der Waals surface area contributed by atoms with Gasteiger partial charge in [-0.3, -0.25) is 19.7 Å². The minimum Gasteiger partial charge on any atom is -0.465 e. The Hall–Kier alpha value is -4.32. The SMILES string of the molecule is CCCCC(C)CC(=O)OCC/C=C/C1OC1C1OC(=O)/C=C\C=C\C(=C=O)NC(=O)/C=C(/C)CCC2OC2C1OC(=O)NC(C)=O. The van der Waals surface area contributed by atoms with Crippen LogP contribution >= 0.6 is 0 Å². The molecule has 0 saturated carbocycles. The molecule has 3 aliphatic heterocycles. The van der Waals surface area contributed by atoms with Gasteiger partial charge < -0.3 is 29.0 Å². The van der Waals surface area contributed by atoms with E-state index in [2.05, 4.69) is 17.6 Å². The summed E-state index contributed by atoms with van der Waals surface area (Å²) in [7, 11) is 0. The molecule has 3 aliphatic rings. The zero-order valence-corrected chi connectivity index (χ0v) is 27.2. The van der Waals surface area contributed by atoms with Crippen LogP contribution in [0.5, 0.6) is 0 Å². The second-order valence-electron chi connectivity index (χ2n) is 11.8. The minimum absolute atomic E-state index is 0.132. The summed E-state index contributed by atoms with van der Waals surface area (Å²) in [6, 6.07) is 0. The number of carbonyl (C=O) groups is 5. The number of imide groups is 1. The maximum atomic E-state index is 12.9. The first-order chi connectivity index (χ1) is 22.5. The Morgan fingerprint density at radius 1 is 1.15 bits per heavy atom. The highest BCUT2D eigenvalue weighted by Crippen LogP contribution is 2.39. The number of alkyl carbamates (subject to hydrolysis) is 1. The summed E-state index contributed by atoms with van der Waals surface area (Å²) in [6.45, 7) is 7.24. The van der Waals surface area contributed by atoms with E-state index >= 15 is 0 Å². The first kappa shape index (κ1) is 37.1. The fourth-order valence-electron chi connectivity index (χ4n) is 5.04. The fraction of sp³-hybridized carbons (Fsp3) is 0.559. The van der Waals surface area contributed by atoms with Crippen molar-refractivity contribution in [3.63, 3.8) is 0 Å². The van der Waals surface area contributed by atoms with Crippen molar-refractivity contribution in [2.45, 2.75) is 109 Å². The summed E-state index contributed by atoms with van der Waals surface area (Å²) >= 11 is 0. The van der Waals surface area contributed by atoms with Crippen LogP contribution < -0.4 is 10.6 Å². The van der Waals surface area contributed by atoms with Crippen molar-refractivity contribution in [2.75, 3.05) is 6.61 Å². The number of hydrogen-bond donors (Lipinski definition) is 2. The van der Waals surface area contributed by atoms with Crippen LogP contribution in [0.15, 0.2) is 53.8 Å². The van der Waals surface area contributed by atoms with Gasteiger partial charge in [0.05, 0.1) is 12.7 Å². The van der Waals surface area contributed by atoms with Crippen molar-refractivity contribution in [1.82, 2.24) is 10.6 Å². The number of unbranched alkanes of at least 4 members (excludes halogenated alkanes) is 1. The van der Waals surface area contributed by atoms with E-state index in [1.807, 2.05) is 6.92 Å². The Morgan fingerprint density at radius 3 is 2.64 bits per heavy atom. The van der Waals surface area contributed by atoms with Crippen LogP contribution in [-0.2, 0) is 47.7 Å². The highest BCUT2D eigenvalue weighted by molar-refractivity contribution is 5.91. The van der Waals surface area contributed by atoms with Gasteiger partial charge in [0.15, 0.2) is 18.1 Å². The molecule has 13 heteroatoms. The molecule has 0 aromatic heterocycles. The van der Waals surface area contributed by atoms with Crippen molar-refractivity contribution < 1.29 is 52.5 Å². The molecule has 47 heavy (non-hydrogen) atoms. The van der Waals surface area contributed by atoms with E-state index in [4.69, 9.17) is 23.7 Å². The van der Waals surface area contributed by atoms with Crippen molar-refractivity contribution >= 4 is 35.8 Å². The zero-order chi connectivity index (χ0) is 34.3. The number of epoxide rings is 2. The second kappa shape index (κ2) is 18.7. The summed E-state index contributed by atoms with van der Waals surface area (Å²) in [5.74, 6) is -0.319. The van der Waals surface area contributed by atoms with E-state index in [0.717, 1.165) is 32.3 Å². The Labute approximate surface area is 274 Å². The molecule has 0 aliphatic carbocycles. The van der Waals surface area contributed by atoms with E-state index in [-0.39, 0.29) is 24.2 Å². The lowest BCUT2D eigenvalue weighted by Gasteiger charge is -2.24. The summed E-state index contributed by atoms with van der Waals surface area (Å²) in [5.41, 5.74) is 0.574. The summed E-state index contributed by atoms with van der Waals surface area (Å²) in [4.78, 5) is 72.6. The second-order valence-corrected chi connectivity index (χ2v) is 11.8. The lowest BCUT2D eigenvalue weighted by Crippen LogP contribution is -2.46. The third-order valence-corrected chi connectivity index (χ3v) is 7.54. The quantitative estimate of drug-likeness (QED) is 0.0831. The van der Waals surface area contributed by atoms with Gasteiger partial charge in [-0.15, -0.1) is 0 Å². The molecule has 0 aromatic rings. The van der Waals surface area contributed by atoms with Crippen LogP contribution in [0.25, 0.3) is 0 Å². The number of nitrogens with one attached hydrogen (secondary N) is 2. The Morgan fingerprint density at radius 2 is 1.91 bits per heavy atom. The maximum Gasteiger partial charge on any atom is 0.414 e. The summed E-state index contributed by atoms with van der Waals surface area (Å²) in [6.07, 6.45) is 9.09. The molecule has 0 radical (unpaired) electrons. The molecule has 0 aromatic carbocycles. The predicted octanol–water partition coefficient (Wildman–Crippen LogP) is 3.46. The van der Waals surface area contributed by atoms with Crippen LogP contribution in [0.2, 0.25) is 0 Å². The molecule has 7 unspecified atom stereocenters. The van der Waals surface area contributed by atoms with Crippen molar-refractivity contribution in [1.29, 1.82) is 0 Å². The summed E-state index contributed by atoms with van der Waals surface area (Å²) < 4.78 is 28.3. The first-order valence-electron chi connectivity index (χ1n) is 15.9. The smallest absolute Gasteiger partial charge is 0.414 e. The zero-order valence-electron chi connectivity index (χ0n) is 27.2. The number of fused-ring (bicyclic) bond motifs is 1. The van der Waals surface area contributed by atoms with Gasteiger partial charge in [0, 0.05) is 25.5 Å². The highest BCUT2D eigenvalue weighted by Gasteiger charge is 2.58. The number of amides is 3. The Kier molecular flexibility index (Phi) is 14.8. The van der Waals surface area contributed by atoms with Gasteiger partial charge in [-0.1, -0.05) is 63.0 Å². The molecule has 13 nitrogen and oxygen atoms in total. The van der Waals surface area contributed by atoms with E-state index in [1.54, 1.807) is 25.0 Å².